The summed E-state index contributed by atoms with van der Waals surface area (Å²) >= 11 is 12.0. The summed E-state index contributed by atoms with van der Waals surface area (Å²) in [6.45, 7) is 0. The highest BCUT2D eigenvalue weighted by Gasteiger charge is 2.24. The van der Waals surface area contributed by atoms with Gasteiger partial charge < -0.3 is 10.4 Å². The Kier molecular flexibility index (Phi) is 3.61. The molecule has 0 aromatic heterocycles. The standard InChI is InChI=1S/C15H10Cl2FNO2/c16-8-1-2-12(18)10(5-8)15(21)9-3-7-4-14(20)19-13(7)6-11(9)17/h1-3,5-6,15,21H,4H2,(H,19,20). The van der Waals surface area contributed by atoms with Crippen LogP contribution in [0, 0.1) is 5.82 Å². The van der Waals surface area contributed by atoms with Crippen LogP contribution >= 0.6 is 23.2 Å². The normalized spacial score (nSPS) is 14.8. The van der Waals surface area contributed by atoms with Crippen molar-refractivity contribution in [2.24, 2.45) is 0 Å². The van der Waals surface area contributed by atoms with Crippen LogP contribution in [0.2, 0.25) is 10.0 Å². The quantitative estimate of drug-likeness (QED) is 0.884. The third-order valence-corrected chi connectivity index (χ3v) is 3.96. The number of carbonyl (C=O) groups is 1. The number of rotatable bonds is 2. The molecule has 108 valence electrons. The van der Waals surface area contributed by atoms with Crippen molar-refractivity contribution in [1.29, 1.82) is 0 Å². The summed E-state index contributed by atoms with van der Waals surface area (Å²) < 4.78 is 13.8. The van der Waals surface area contributed by atoms with E-state index in [-0.39, 0.29) is 22.9 Å². The first-order valence-corrected chi connectivity index (χ1v) is 6.96. The molecule has 0 aliphatic carbocycles. The molecule has 3 nitrogen and oxygen atoms in total. The van der Waals surface area contributed by atoms with Gasteiger partial charge in [0.25, 0.3) is 0 Å². The van der Waals surface area contributed by atoms with E-state index in [0.717, 1.165) is 5.56 Å². The van der Waals surface area contributed by atoms with Crippen molar-refractivity contribution in [2.75, 3.05) is 5.32 Å². The molecule has 0 fully saturated rings. The zero-order valence-electron chi connectivity index (χ0n) is 10.7. The average molecular weight is 326 g/mol. The fourth-order valence-electron chi connectivity index (χ4n) is 2.37. The first kappa shape index (κ1) is 14.3. The van der Waals surface area contributed by atoms with Crippen LogP contribution in [0.4, 0.5) is 10.1 Å². The second kappa shape index (κ2) is 5.30. The van der Waals surface area contributed by atoms with Gasteiger partial charge in [0.1, 0.15) is 11.9 Å². The summed E-state index contributed by atoms with van der Waals surface area (Å²) in [5.41, 5.74) is 1.73. The molecule has 0 saturated carbocycles. The van der Waals surface area contributed by atoms with Crippen LogP contribution in [0.3, 0.4) is 0 Å². The molecule has 1 unspecified atom stereocenters. The Hall–Kier alpha value is -1.62. The minimum Gasteiger partial charge on any atom is -0.383 e. The van der Waals surface area contributed by atoms with E-state index in [1.807, 2.05) is 0 Å². The number of hydrogen-bond donors (Lipinski definition) is 2. The number of anilines is 1. The van der Waals surface area contributed by atoms with Crippen molar-refractivity contribution in [3.63, 3.8) is 0 Å². The maximum atomic E-state index is 13.8. The average Bonchev–Trinajstić information content (AvgIpc) is 2.79. The fraction of sp³-hybridized carbons (Fsp3) is 0.133. The Bertz CT molecular complexity index is 749. The molecule has 0 saturated heterocycles. The number of halogens is 3. The van der Waals surface area contributed by atoms with Gasteiger partial charge in [0.15, 0.2) is 0 Å². The highest BCUT2D eigenvalue weighted by Crippen LogP contribution is 2.36. The summed E-state index contributed by atoms with van der Waals surface area (Å²) in [5.74, 6) is -0.709. The van der Waals surface area contributed by atoms with Crippen LogP contribution in [-0.2, 0) is 11.2 Å². The van der Waals surface area contributed by atoms with Gasteiger partial charge in [0, 0.05) is 26.9 Å². The van der Waals surface area contributed by atoms with Crippen LogP contribution in [0.15, 0.2) is 30.3 Å². The van der Waals surface area contributed by atoms with Gasteiger partial charge >= 0.3 is 0 Å². The molecule has 2 aromatic carbocycles. The molecule has 0 spiro atoms. The van der Waals surface area contributed by atoms with Crippen molar-refractivity contribution in [2.45, 2.75) is 12.5 Å². The van der Waals surface area contributed by atoms with Crippen LogP contribution in [0.25, 0.3) is 0 Å². The van der Waals surface area contributed by atoms with E-state index in [0.29, 0.717) is 16.3 Å². The lowest BCUT2D eigenvalue weighted by molar-refractivity contribution is -0.115. The van der Waals surface area contributed by atoms with Crippen LogP contribution < -0.4 is 5.32 Å². The van der Waals surface area contributed by atoms with Gasteiger partial charge in [-0.25, -0.2) is 4.39 Å². The molecule has 1 aliphatic rings. The number of hydrogen-bond acceptors (Lipinski definition) is 2. The Balaban J connectivity index is 2.06. The summed E-state index contributed by atoms with van der Waals surface area (Å²) in [4.78, 5) is 11.4. The van der Waals surface area contributed by atoms with Gasteiger partial charge in [0.2, 0.25) is 5.91 Å². The molecule has 1 atom stereocenters. The largest absolute Gasteiger partial charge is 0.383 e. The molecule has 0 bridgehead atoms. The minimum absolute atomic E-state index is 0.0432. The van der Waals surface area contributed by atoms with Crippen molar-refractivity contribution in [1.82, 2.24) is 0 Å². The van der Waals surface area contributed by atoms with Gasteiger partial charge in [0.05, 0.1) is 6.42 Å². The third kappa shape index (κ3) is 2.62. The van der Waals surface area contributed by atoms with E-state index in [9.17, 15) is 14.3 Å². The second-order valence-electron chi connectivity index (χ2n) is 4.82. The smallest absolute Gasteiger partial charge is 0.228 e. The maximum Gasteiger partial charge on any atom is 0.228 e. The molecule has 1 aliphatic heterocycles. The highest BCUT2D eigenvalue weighted by molar-refractivity contribution is 6.32. The lowest BCUT2D eigenvalue weighted by Gasteiger charge is -2.15. The highest BCUT2D eigenvalue weighted by atomic mass is 35.5. The van der Waals surface area contributed by atoms with E-state index in [1.165, 1.54) is 18.2 Å². The molecule has 1 heterocycles. The van der Waals surface area contributed by atoms with Crippen molar-refractivity contribution in [3.8, 4) is 0 Å². The lowest BCUT2D eigenvalue weighted by atomic mass is 9.98. The van der Waals surface area contributed by atoms with E-state index in [2.05, 4.69) is 5.32 Å². The van der Waals surface area contributed by atoms with Crippen molar-refractivity contribution in [3.05, 3.63) is 62.9 Å². The molecule has 0 radical (unpaired) electrons. The second-order valence-corrected chi connectivity index (χ2v) is 5.67. The number of carbonyl (C=O) groups excluding carboxylic acids is 1. The molecule has 3 rings (SSSR count). The van der Waals surface area contributed by atoms with E-state index < -0.39 is 11.9 Å². The molecule has 1 amide bonds. The number of nitrogens with one attached hydrogen (secondary N) is 1. The zero-order valence-corrected chi connectivity index (χ0v) is 12.2. The van der Waals surface area contributed by atoms with Crippen molar-refractivity contribution < 1.29 is 14.3 Å². The first-order chi connectivity index (χ1) is 9.95. The Morgan fingerprint density at radius 2 is 1.95 bits per heavy atom. The van der Waals surface area contributed by atoms with Gasteiger partial charge in [-0.1, -0.05) is 23.2 Å². The molecular formula is C15H10Cl2FNO2. The topological polar surface area (TPSA) is 49.3 Å². The fourth-order valence-corrected chi connectivity index (χ4v) is 2.82. The monoisotopic (exact) mass is 325 g/mol. The Labute approximate surface area is 130 Å². The number of aliphatic hydroxyl groups excluding tert-OH is 1. The third-order valence-electron chi connectivity index (χ3n) is 3.39. The molecular weight excluding hydrogens is 316 g/mol. The zero-order chi connectivity index (χ0) is 15.1. The number of aliphatic hydroxyl groups is 1. The van der Waals surface area contributed by atoms with Gasteiger partial charge in [-0.05, 0) is 35.9 Å². The molecule has 2 N–H and O–H groups in total. The molecule has 21 heavy (non-hydrogen) atoms. The van der Waals surface area contributed by atoms with Crippen LogP contribution in [0.5, 0.6) is 0 Å². The van der Waals surface area contributed by atoms with Crippen molar-refractivity contribution >= 4 is 34.8 Å². The van der Waals surface area contributed by atoms with Gasteiger partial charge in [-0.15, -0.1) is 0 Å². The Morgan fingerprint density at radius 1 is 1.19 bits per heavy atom. The molecule has 2 aromatic rings. The van der Waals surface area contributed by atoms with E-state index in [1.54, 1.807) is 12.1 Å². The summed E-state index contributed by atoms with van der Waals surface area (Å²) in [6, 6.07) is 7.12. The SMILES string of the molecule is O=C1Cc2cc(C(O)c3cc(Cl)ccc3F)c(Cl)cc2N1. The summed E-state index contributed by atoms with van der Waals surface area (Å²) in [5, 5.41) is 13.6. The Morgan fingerprint density at radius 3 is 2.71 bits per heavy atom. The number of benzene rings is 2. The predicted molar refractivity (Wildman–Crippen MR) is 79.3 cm³/mol. The summed E-state index contributed by atoms with van der Waals surface area (Å²) in [7, 11) is 0. The van der Waals surface area contributed by atoms with Crippen LogP contribution in [-0.4, -0.2) is 11.0 Å². The van der Waals surface area contributed by atoms with E-state index >= 15 is 0 Å². The van der Waals surface area contributed by atoms with Gasteiger partial charge in [-0.3, -0.25) is 4.79 Å². The lowest BCUT2D eigenvalue weighted by Crippen LogP contribution is -2.04. The number of amides is 1. The van der Waals surface area contributed by atoms with Crippen LogP contribution in [0.1, 0.15) is 22.8 Å². The predicted octanol–water partition coefficient (Wildman–Crippen LogP) is 3.71. The maximum absolute atomic E-state index is 13.8. The first-order valence-electron chi connectivity index (χ1n) is 6.21. The summed E-state index contributed by atoms with van der Waals surface area (Å²) in [6.07, 6.45) is -1.04. The molecule has 6 heteroatoms. The number of fused-ring (bicyclic) bond motifs is 1. The minimum atomic E-state index is -1.25. The van der Waals surface area contributed by atoms with Gasteiger partial charge in [-0.2, -0.15) is 0 Å². The van der Waals surface area contributed by atoms with E-state index in [4.69, 9.17) is 23.2 Å².